The van der Waals surface area contributed by atoms with Gasteiger partial charge in [0, 0.05) is 65.4 Å². The van der Waals surface area contributed by atoms with Crippen molar-refractivity contribution in [3.8, 4) is 23.0 Å². The summed E-state index contributed by atoms with van der Waals surface area (Å²) < 4.78 is 0. The Bertz CT molecular complexity index is 1040. The van der Waals surface area contributed by atoms with Crippen molar-refractivity contribution < 1.29 is 37.5 Å². The average molecular weight is 618 g/mol. The molecule has 2 saturated heterocycles. The Kier molecular flexibility index (Phi) is 12.4. The fraction of sp³-hybridized carbons (Fsp3) is 0.625. The number of likely N-dealkylation sites (N-methyl/N-ethyl adjacent to an activating group) is 2. The van der Waals surface area contributed by atoms with Crippen molar-refractivity contribution in [3.05, 3.63) is 46.5 Å². The van der Waals surface area contributed by atoms with E-state index in [-0.39, 0.29) is 50.9 Å². The number of phenolic OH excluding ortho intramolecular Hbond substituents is 2. The second-order valence-corrected chi connectivity index (χ2v) is 13.6. The van der Waals surface area contributed by atoms with E-state index in [1.54, 1.807) is 12.1 Å². The molecule has 233 valence electrons. The molecule has 8 nitrogen and oxygen atoms in total. The molecule has 0 bridgehead atoms. The van der Waals surface area contributed by atoms with Crippen molar-refractivity contribution in [3.63, 3.8) is 0 Å². The predicted molar refractivity (Wildman–Crippen MR) is 158 cm³/mol. The van der Waals surface area contributed by atoms with Crippen LogP contribution in [-0.4, -0.2) is 96.3 Å². The summed E-state index contributed by atoms with van der Waals surface area (Å²) in [6.45, 7) is 21.8. The summed E-state index contributed by atoms with van der Waals surface area (Å²) in [5.74, 6) is -0.697. The topological polar surface area (TPSA) is 99.5 Å². The van der Waals surface area contributed by atoms with Gasteiger partial charge in [-0.1, -0.05) is 65.2 Å². The van der Waals surface area contributed by atoms with Crippen LogP contribution in [0.15, 0.2) is 24.3 Å². The molecule has 1 radical (unpaired) electrons. The van der Waals surface area contributed by atoms with Crippen molar-refractivity contribution in [2.24, 2.45) is 0 Å². The molecular formula is C32H50CuN4O4. The van der Waals surface area contributed by atoms with Gasteiger partial charge in [-0.15, -0.1) is 0 Å². The minimum atomic E-state index is -0.225. The average Bonchev–Trinajstić information content (AvgIpc) is 2.86. The van der Waals surface area contributed by atoms with Gasteiger partial charge in [-0.3, -0.25) is 9.80 Å². The van der Waals surface area contributed by atoms with E-state index in [4.69, 9.17) is 0 Å². The summed E-state index contributed by atoms with van der Waals surface area (Å²) in [7, 11) is 4.23. The molecule has 0 atom stereocenters. The van der Waals surface area contributed by atoms with Gasteiger partial charge >= 0.3 is 17.1 Å². The number of rotatable bonds is 4. The van der Waals surface area contributed by atoms with Gasteiger partial charge in [0.2, 0.25) is 0 Å². The number of benzene rings is 2. The van der Waals surface area contributed by atoms with Gasteiger partial charge in [0.25, 0.3) is 0 Å². The number of phenols is 2. The molecular weight excluding hydrogens is 568 g/mol. The van der Waals surface area contributed by atoms with E-state index in [1.807, 2.05) is 12.1 Å². The van der Waals surface area contributed by atoms with Crippen LogP contribution >= 0.6 is 0 Å². The predicted octanol–water partition coefficient (Wildman–Crippen LogP) is 3.02. The van der Waals surface area contributed by atoms with Crippen LogP contribution in [0.25, 0.3) is 0 Å². The van der Waals surface area contributed by atoms with Crippen LogP contribution in [0.5, 0.6) is 23.0 Å². The Labute approximate surface area is 258 Å². The number of hydrogen-bond donors (Lipinski definition) is 2. The first-order valence-electron chi connectivity index (χ1n) is 14.4. The summed E-state index contributed by atoms with van der Waals surface area (Å²) in [5.41, 5.74) is 3.31. The fourth-order valence-corrected chi connectivity index (χ4v) is 4.94. The van der Waals surface area contributed by atoms with Gasteiger partial charge < -0.3 is 30.2 Å². The minimum Gasteiger partial charge on any atom is -0.870 e. The summed E-state index contributed by atoms with van der Waals surface area (Å²) in [4.78, 5) is 9.14. The third-order valence-electron chi connectivity index (χ3n) is 8.00. The van der Waals surface area contributed by atoms with Crippen molar-refractivity contribution >= 4 is 0 Å². The molecule has 4 rings (SSSR count). The van der Waals surface area contributed by atoms with Gasteiger partial charge in [0.15, 0.2) is 0 Å². The van der Waals surface area contributed by atoms with E-state index in [1.165, 1.54) is 0 Å². The molecule has 0 saturated carbocycles. The zero-order chi connectivity index (χ0) is 29.8. The largest absolute Gasteiger partial charge is 2.00 e. The Morgan fingerprint density at radius 1 is 0.585 bits per heavy atom. The van der Waals surface area contributed by atoms with Gasteiger partial charge in [0.1, 0.15) is 11.5 Å². The third kappa shape index (κ3) is 10.1. The summed E-state index contributed by atoms with van der Waals surface area (Å²) >= 11 is 0. The molecule has 0 spiro atoms. The standard InChI is InChI=1S/2C16H26N2O2.Cu/c2*1-16(2,3)13-9-12(15(20)14(19)10-13)11-18-7-5-17(4)6-8-18;/h2*9-10,19-20H,5-8,11H2,1-4H3;/q;;+2/p-2. The monoisotopic (exact) mass is 617 g/mol. The van der Waals surface area contributed by atoms with E-state index >= 15 is 0 Å². The van der Waals surface area contributed by atoms with Crippen LogP contribution < -0.4 is 10.2 Å². The molecule has 2 N–H and O–H groups in total. The van der Waals surface area contributed by atoms with Crippen LogP contribution in [0, 0.1) is 0 Å². The Balaban J connectivity index is 0.000000280. The van der Waals surface area contributed by atoms with Crippen LogP contribution in [0.3, 0.4) is 0 Å². The van der Waals surface area contributed by atoms with Gasteiger partial charge in [-0.05, 0) is 59.3 Å². The quantitative estimate of drug-likeness (QED) is 0.505. The molecule has 9 heteroatoms. The first-order chi connectivity index (χ1) is 18.5. The summed E-state index contributed by atoms with van der Waals surface area (Å²) in [6, 6.07) is 7.13. The van der Waals surface area contributed by atoms with Crippen molar-refractivity contribution in [2.45, 2.75) is 65.5 Å². The molecule has 0 amide bonds. The van der Waals surface area contributed by atoms with E-state index in [2.05, 4.69) is 75.2 Å². The molecule has 2 aliphatic rings. The Morgan fingerprint density at radius 3 is 1.15 bits per heavy atom. The maximum absolute atomic E-state index is 12.1. The van der Waals surface area contributed by atoms with Crippen LogP contribution in [0.1, 0.15) is 63.8 Å². The zero-order valence-corrected chi connectivity index (χ0v) is 27.1. The Morgan fingerprint density at radius 2 is 0.878 bits per heavy atom. The first-order valence-corrected chi connectivity index (χ1v) is 14.4. The van der Waals surface area contributed by atoms with Crippen LogP contribution in [-0.2, 0) is 41.0 Å². The maximum Gasteiger partial charge on any atom is 2.00 e. The number of piperazine rings is 2. The molecule has 2 fully saturated rings. The first kappa shape index (κ1) is 35.2. The fourth-order valence-electron chi connectivity index (χ4n) is 4.94. The normalized spacial score (nSPS) is 18.0. The van der Waals surface area contributed by atoms with E-state index in [0.717, 1.165) is 63.5 Å². The number of hydrogen-bond acceptors (Lipinski definition) is 8. The molecule has 2 aliphatic heterocycles. The van der Waals surface area contributed by atoms with Gasteiger partial charge in [0.05, 0.1) is 0 Å². The van der Waals surface area contributed by atoms with Crippen molar-refractivity contribution in [2.75, 3.05) is 66.5 Å². The molecule has 0 unspecified atom stereocenters. The SMILES string of the molecule is CN1CCN(Cc2cc(C(C)(C)C)cc(O)c2[O-])CC1.CN1CCN(Cc2cc(C(C)(C)C)cc(O)c2[O-])CC1.[Cu+2]. The number of nitrogens with zero attached hydrogens (tertiary/aromatic N) is 4. The molecule has 2 heterocycles. The summed E-state index contributed by atoms with van der Waals surface area (Å²) in [6.07, 6.45) is 0. The zero-order valence-electron chi connectivity index (χ0n) is 26.2. The maximum atomic E-state index is 12.1. The molecule has 2 aromatic rings. The second-order valence-electron chi connectivity index (χ2n) is 13.6. The van der Waals surface area contributed by atoms with E-state index in [0.29, 0.717) is 24.2 Å². The minimum absolute atomic E-state index is 0. The molecule has 0 aliphatic carbocycles. The third-order valence-corrected chi connectivity index (χ3v) is 8.00. The van der Waals surface area contributed by atoms with Crippen LogP contribution in [0.4, 0.5) is 0 Å². The molecule has 2 aromatic carbocycles. The van der Waals surface area contributed by atoms with E-state index in [9.17, 15) is 20.4 Å². The second kappa shape index (κ2) is 14.5. The van der Waals surface area contributed by atoms with Gasteiger partial charge in [-0.2, -0.15) is 0 Å². The number of aromatic hydroxyl groups is 2. The van der Waals surface area contributed by atoms with Gasteiger partial charge in [-0.25, -0.2) is 0 Å². The van der Waals surface area contributed by atoms with Crippen molar-refractivity contribution in [1.82, 2.24) is 19.6 Å². The van der Waals surface area contributed by atoms with E-state index < -0.39 is 0 Å². The van der Waals surface area contributed by atoms with Crippen LogP contribution in [0.2, 0.25) is 0 Å². The molecule has 0 aromatic heterocycles. The summed E-state index contributed by atoms with van der Waals surface area (Å²) in [5, 5.41) is 44.0. The van der Waals surface area contributed by atoms with Crippen molar-refractivity contribution in [1.29, 1.82) is 0 Å². The Hall–Kier alpha value is -2.00. The molecule has 41 heavy (non-hydrogen) atoms. The smallest absolute Gasteiger partial charge is 0.870 e.